The first-order valence-electron chi connectivity index (χ1n) is 4.67. The summed E-state index contributed by atoms with van der Waals surface area (Å²) in [7, 11) is 0. The van der Waals surface area contributed by atoms with E-state index in [9.17, 15) is 4.79 Å². The molecule has 0 spiro atoms. The highest BCUT2D eigenvalue weighted by Crippen LogP contribution is 2.35. The van der Waals surface area contributed by atoms with Gasteiger partial charge in [0.2, 0.25) is 0 Å². The van der Waals surface area contributed by atoms with Gasteiger partial charge < -0.3 is 0 Å². The fraction of sp³-hybridized carbons (Fsp3) is 0.364. The largest absolute Gasteiger partial charge is 0.293 e. The highest BCUT2D eigenvalue weighted by molar-refractivity contribution is 8.00. The topological polar surface area (TPSA) is 17.1 Å². The summed E-state index contributed by atoms with van der Waals surface area (Å²) < 4.78 is 0. The van der Waals surface area contributed by atoms with Crippen molar-refractivity contribution < 1.29 is 4.79 Å². The Hall–Kier alpha value is -0.470. The maximum Gasteiger partial charge on any atom is 0.176 e. The Morgan fingerprint density at radius 2 is 2.36 bits per heavy atom. The predicted octanol–water partition coefficient (Wildman–Crippen LogP) is 3.55. The number of carbonyl (C=O) groups is 1. The summed E-state index contributed by atoms with van der Waals surface area (Å²) in [5, 5.41) is 0.846. The van der Waals surface area contributed by atoms with Crippen LogP contribution >= 0.6 is 23.4 Å². The van der Waals surface area contributed by atoms with Crippen molar-refractivity contribution in [1.29, 1.82) is 0 Å². The van der Waals surface area contributed by atoms with Gasteiger partial charge in [0.25, 0.3) is 0 Å². The smallest absolute Gasteiger partial charge is 0.176 e. The average molecular weight is 227 g/mol. The molecule has 1 aliphatic rings. The Labute approximate surface area is 92.8 Å². The van der Waals surface area contributed by atoms with E-state index >= 15 is 0 Å². The number of Topliss-reactive ketones (excluding diaryl/α,β-unsaturated/α-hetero) is 1. The first kappa shape index (κ1) is 10.1. The van der Waals surface area contributed by atoms with Crippen molar-refractivity contribution in [3.63, 3.8) is 0 Å². The van der Waals surface area contributed by atoms with Crippen molar-refractivity contribution in [2.75, 3.05) is 0 Å². The lowest BCUT2D eigenvalue weighted by molar-refractivity contribution is 0.0986. The molecular weight excluding hydrogens is 216 g/mol. The van der Waals surface area contributed by atoms with Crippen molar-refractivity contribution in [3.05, 3.63) is 34.3 Å². The van der Waals surface area contributed by atoms with E-state index in [0.717, 1.165) is 28.3 Å². The van der Waals surface area contributed by atoms with E-state index < -0.39 is 0 Å². The SMILES string of the molecule is CCC1SCc2c(Cl)cccc2C1=O. The average Bonchev–Trinajstić information content (AvgIpc) is 2.20. The number of hydrogen-bond acceptors (Lipinski definition) is 2. The van der Waals surface area contributed by atoms with E-state index in [-0.39, 0.29) is 11.0 Å². The van der Waals surface area contributed by atoms with Crippen LogP contribution in [0, 0.1) is 0 Å². The molecule has 14 heavy (non-hydrogen) atoms. The maximum atomic E-state index is 11.9. The minimum absolute atomic E-state index is 0.126. The van der Waals surface area contributed by atoms with Gasteiger partial charge in [0.1, 0.15) is 0 Å². The highest BCUT2D eigenvalue weighted by atomic mass is 35.5. The van der Waals surface area contributed by atoms with E-state index in [4.69, 9.17) is 11.6 Å². The quantitative estimate of drug-likeness (QED) is 0.729. The zero-order valence-corrected chi connectivity index (χ0v) is 9.49. The minimum atomic E-state index is 0.126. The molecule has 1 unspecified atom stereocenters. The molecule has 0 radical (unpaired) electrons. The second-order valence-corrected chi connectivity index (χ2v) is 4.94. The second kappa shape index (κ2) is 3.95. The summed E-state index contributed by atoms with van der Waals surface area (Å²) in [5.74, 6) is 1.10. The van der Waals surface area contributed by atoms with Gasteiger partial charge in [-0.15, -0.1) is 11.8 Å². The number of hydrogen-bond donors (Lipinski definition) is 0. The zero-order valence-electron chi connectivity index (χ0n) is 7.92. The van der Waals surface area contributed by atoms with Gasteiger partial charge in [-0.1, -0.05) is 30.7 Å². The van der Waals surface area contributed by atoms with Crippen molar-refractivity contribution in [1.82, 2.24) is 0 Å². The van der Waals surface area contributed by atoms with Gasteiger partial charge in [-0.2, -0.15) is 0 Å². The Morgan fingerprint density at radius 3 is 3.07 bits per heavy atom. The summed E-state index contributed by atoms with van der Waals surface area (Å²) in [6.07, 6.45) is 0.898. The van der Waals surface area contributed by atoms with Crippen LogP contribution in [0.25, 0.3) is 0 Å². The fourth-order valence-corrected chi connectivity index (χ4v) is 3.19. The Kier molecular flexibility index (Phi) is 2.84. The van der Waals surface area contributed by atoms with Gasteiger partial charge in [0.15, 0.2) is 5.78 Å². The molecule has 1 aliphatic heterocycles. The molecule has 0 fully saturated rings. The van der Waals surface area contributed by atoms with Gasteiger partial charge in [0.05, 0.1) is 5.25 Å². The van der Waals surface area contributed by atoms with Crippen LogP contribution in [0.3, 0.4) is 0 Å². The van der Waals surface area contributed by atoms with Crippen LogP contribution in [-0.2, 0) is 5.75 Å². The predicted molar refractivity (Wildman–Crippen MR) is 61.2 cm³/mol. The van der Waals surface area contributed by atoms with Crippen LogP contribution in [0.15, 0.2) is 18.2 Å². The van der Waals surface area contributed by atoms with Gasteiger partial charge in [-0.05, 0) is 18.1 Å². The molecule has 1 aromatic rings. The number of halogens is 1. The number of fused-ring (bicyclic) bond motifs is 1. The molecule has 3 heteroatoms. The standard InChI is InChI=1S/C11H11ClOS/c1-2-10-11(13)7-4-3-5-9(12)8(7)6-14-10/h3-5,10H,2,6H2,1H3. The van der Waals surface area contributed by atoms with Crippen LogP contribution in [0.5, 0.6) is 0 Å². The molecule has 0 aromatic heterocycles. The molecule has 0 N–H and O–H groups in total. The third-order valence-electron chi connectivity index (χ3n) is 2.48. The van der Waals surface area contributed by atoms with E-state index in [0.29, 0.717) is 0 Å². The van der Waals surface area contributed by atoms with Gasteiger partial charge in [0, 0.05) is 16.3 Å². The number of rotatable bonds is 1. The molecule has 74 valence electrons. The lowest BCUT2D eigenvalue weighted by Gasteiger charge is -2.22. The Bertz CT molecular complexity index is 376. The van der Waals surface area contributed by atoms with Crippen LogP contribution in [0.4, 0.5) is 0 Å². The van der Waals surface area contributed by atoms with Crippen LogP contribution < -0.4 is 0 Å². The maximum absolute atomic E-state index is 11.9. The van der Waals surface area contributed by atoms with Crippen LogP contribution in [0.2, 0.25) is 5.02 Å². The molecule has 0 bridgehead atoms. The number of thioether (sulfide) groups is 1. The molecule has 1 heterocycles. The monoisotopic (exact) mass is 226 g/mol. The first-order chi connectivity index (χ1) is 6.74. The number of carbonyl (C=O) groups excluding carboxylic acids is 1. The normalized spacial score (nSPS) is 20.7. The van der Waals surface area contributed by atoms with E-state index in [1.165, 1.54) is 0 Å². The summed E-state index contributed by atoms with van der Waals surface area (Å²) in [4.78, 5) is 11.9. The van der Waals surface area contributed by atoms with Crippen molar-refractivity contribution >= 4 is 29.1 Å². The Morgan fingerprint density at radius 1 is 1.57 bits per heavy atom. The molecule has 2 rings (SSSR count). The van der Waals surface area contributed by atoms with Crippen LogP contribution in [-0.4, -0.2) is 11.0 Å². The second-order valence-electron chi connectivity index (χ2n) is 3.34. The summed E-state index contributed by atoms with van der Waals surface area (Å²) in [6, 6.07) is 5.58. The van der Waals surface area contributed by atoms with Crippen molar-refractivity contribution in [3.8, 4) is 0 Å². The highest BCUT2D eigenvalue weighted by Gasteiger charge is 2.27. The third-order valence-corrected chi connectivity index (χ3v) is 4.24. The first-order valence-corrected chi connectivity index (χ1v) is 6.10. The zero-order chi connectivity index (χ0) is 10.1. The van der Waals surface area contributed by atoms with Gasteiger partial charge >= 0.3 is 0 Å². The molecular formula is C11H11ClOS. The number of ketones is 1. The molecule has 0 aliphatic carbocycles. The van der Waals surface area contributed by atoms with Crippen molar-refractivity contribution in [2.45, 2.75) is 24.3 Å². The van der Waals surface area contributed by atoms with E-state index in [2.05, 4.69) is 0 Å². The molecule has 1 nitrogen and oxygen atoms in total. The lowest BCUT2D eigenvalue weighted by atomic mass is 10.0. The van der Waals surface area contributed by atoms with E-state index in [1.54, 1.807) is 11.8 Å². The third kappa shape index (κ3) is 1.57. The van der Waals surface area contributed by atoms with Crippen LogP contribution in [0.1, 0.15) is 29.3 Å². The summed E-state index contributed by atoms with van der Waals surface area (Å²) in [6.45, 7) is 2.05. The molecule has 1 atom stereocenters. The van der Waals surface area contributed by atoms with Crippen molar-refractivity contribution in [2.24, 2.45) is 0 Å². The van der Waals surface area contributed by atoms with E-state index in [1.807, 2.05) is 25.1 Å². The minimum Gasteiger partial charge on any atom is -0.293 e. The molecule has 0 saturated heterocycles. The van der Waals surface area contributed by atoms with Gasteiger partial charge in [-0.3, -0.25) is 4.79 Å². The van der Waals surface area contributed by atoms with Gasteiger partial charge in [-0.25, -0.2) is 0 Å². The molecule has 1 aromatic carbocycles. The summed E-state index contributed by atoms with van der Waals surface area (Å²) in [5.41, 5.74) is 1.83. The molecule has 0 saturated carbocycles. The molecule has 0 amide bonds. The number of benzene rings is 1. The summed E-state index contributed by atoms with van der Waals surface area (Å²) >= 11 is 7.73. The fourth-order valence-electron chi connectivity index (χ4n) is 1.67. The lowest BCUT2D eigenvalue weighted by Crippen LogP contribution is -2.22. The Balaban J connectivity index is 2.46.